The fourth-order valence-corrected chi connectivity index (χ4v) is 3.15. The van der Waals surface area contributed by atoms with Gasteiger partial charge in [0.2, 0.25) is 5.91 Å². The molecule has 3 rings (SSSR count). The number of morpholine rings is 1. The van der Waals surface area contributed by atoms with E-state index in [1.807, 2.05) is 4.90 Å². The van der Waals surface area contributed by atoms with E-state index in [0.29, 0.717) is 39.4 Å². The van der Waals surface area contributed by atoms with Crippen LogP contribution in [0.25, 0.3) is 0 Å². The summed E-state index contributed by atoms with van der Waals surface area (Å²) in [6, 6.07) is 2.50. The zero-order valence-corrected chi connectivity index (χ0v) is 14.5. The highest BCUT2D eigenvalue weighted by Gasteiger charge is 2.32. The molecule has 144 valence electrons. The lowest BCUT2D eigenvalue weighted by molar-refractivity contribution is -0.141. The Morgan fingerprint density at radius 1 is 1.04 bits per heavy atom. The maximum absolute atomic E-state index is 12.5. The number of hydrogen-bond donors (Lipinski definition) is 0. The van der Waals surface area contributed by atoms with E-state index in [0.717, 1.165) is 37.8 Å². The summed E-state index contributed by atoms with van der Waals surface area (Å²) in [7, 11) is 0. The van der Waals surface area contributed by atoms with Gasteiger partial charge in [-0.1, -0.05) is 6.07 Å². The van der Waals surface area contributed by atoms with Crippen molar-refractivity contribution >= 4 is 5.91 Å². The smallest absolute Gasteiger partial charge is 0.378 e. The monoisotopic (exact) mass is 372 g/mol. The van der Waals surface area contributed by atoms with Crippen molar-refractivity contribution in [1.82, 2.24) is 19.7 Å². The average molecular weight is 372 g/mol. The Balaban J connectivity index is 1.43. The third-order valence-corrected chi connectivity index (χ3v) is 4.71. The lowest BCUT2D eigenvalue weighted by atomic mass is 10.2. The van der Waals surface area contributed by atoms with Crippen LogP contribution < -0.4 is 0 Å². The summed E-state index contributed by atoms with van der Waals surface area (Å²) in [5, 5.41) is 0. The number of alkyl halides is 3. The van der Waals surface area contributed by atoms with Gasteiger partial charge in [-0.2, -0.15) is 13.2 Å². The van der Waals surface area contributed by atoms with Gasteiger partial charge in [-0.15, -0.1) is 0 Å². The molecule has 1 aromatic heterocycles. The second-order valence-corrected chi connectivity index (χ2v) is 6.59. The molecule has 1 aromatic rings. The maximum Gasteiger partial charge on any atom is 0.433 e. The maximum atomic E-state index is 12.5. The Labute approximate surface area is 150 Å². The molecule has 0 saturated carbocycles. The lowest BCUT2D eigenvalue weighted by Crippen LogP contribution is -2.51. The highest BCUT2D eigenvalue weighted by Crippen LogP contribution is 2.27. The summed E-state index contributed by atoms with van der Waals surface area (Å²) in [6.07, 6.45) is -3.12. The molecule has 0 spiro atoms. The quantitative estimate of drug-likeness (QED) is 0.792. The molecular formula is C17H23F3N4O2. The van der Waals surface area contributed by atoms with Crippen LogP contribution in [-0.2, 0) is 22.3 Å². The lowest BCUT2D eigenvalue weighted by Gasteiger charge is -2.36. The van der Waals surface area contributed by atoms with Gasteiger partial charge in [0, 0.05) is 52.0 Å². The van der Waals surface area contributed by atoms with Gasteiger partial charge in [-0.25, -0.2) is 0 Å². The van der Waals surface area contributed by atoms with Gasteiger partial charge in [0.25, 0.3) is 0 Å². The molecule has 2 saturated heterocycles. The van der Waals surface area contributed by atoms with Gasteiger partial charge in [-0.3, -0.25) is 19.6 Å². The van der Waals surface area contributed by atoms with Crippen molar-refractivity contribution in [2.24, 2.45) is 0 Å². The van der Waals surface area contributed by atoms with Crippen LogP contribution in [0.15, 0.2) is 18.3 Å². The van der Waals surface area contributed by atoms with Crippen LogP contribution in [0.2, 0.25) is 0 Å². The highest BCUT2D eigenvalue weighted by molar-refractivity contribution is 5.78. The van der Waals surface area contributed by atoms with E-state index < -0.39 is 11.9 Å². The van der Waals surface area contributed by atoms with Crippen LogP contribution >= 0.6 is 0 Å². The minimum atomic E-state index is -4.41. The van der Waals surface area contributed by atoms with Crippen LogP contribution in [0.4, 0.5) is 13.2 Å². The Morgan fingerprint density at radius 2 is 1.69 bits per heavy atom. The predicted molar refractivity (Wildman–Crippen MR) is 88.4 cm³/mol. The first-order chi connectivity index (χ1) is 12.4. The number of amides is 1. The molecule has 2 aliphatic heterocycles. The number of pyridine rings is 1. The number of nitrogens with zero attached hydrogens (tertiary/aromatic N) is 4. The molecule has 2 fully saturated rings. The van der Waals surface area contributed by atoms with E-state index in [-0.39, 0.29) is 5.91 Å². The van der Waals surface area contributed by atoms with Crippen molar-refractivity contribution in [3.63, 3.8) is 0 Å². The third kappa shape index (κ3) is 5.15. The molecule has 0 aliphatic carbocycles. The summed E-state index contributed by atoms with van der Waals surface area (Å²) in [4.78, 5) is 21.9. The number of halogens is 3. The molecule has 26 heavy (non-hydrogen) atoms. The zero-order chi connectivity index (χ0) is 18.6. The standard InChI is InChI=1S/C17H23F3N4O2/c18-17(19,20)15-2-1-14(11-21-15)12-22-3-5-23(6-4-22)13-16(25)24-7-9-26-10-8-24/h1-2,11H,3-10,12-13H2. The summed E-state index contributed by atoms with van der Waals surface area (Å²) < 4.78 is 42.9. The Morgan fingerprint density at radius 3 is 2.27 bits per heavy atom. The Bertz CT molecular complexity index is 595. The topological polar surface area (TPSA) is 48.9 Å². The molecule has 1 amide bonds. The van der Waals surface area contributed by atoms with Crippen LogP contribution in [0.3, 0.4) is 0 Å². The summed E-state index contributed by atoms with van der Waals surface area (Å²) in [5.74, 6) is 0.133. The molecule has 0 aromatic carbocycles. The Kier molecular flexibility index (Phi) is 6.10. The largest absolute Gasteiger partial charge is 0.433 e. The molecule has 0 atom stereocenters. The summed E-state index contributed by atoms with van der Waals surface area (Å²) in [5.41, 5.74) is -0.108. The van der Waals surface area contributed by atoms with Gasteiger partial charge in [0.15, 0.2) is 0 Å². The molecule has 0 radical (unpaired) electrons. The van der Waals surface area contributed by atoms with Crippen molar-refractivity contribution in [3.05, 3.63) is 29.6 Å². The highest BCUT2D eigenvalue weighted by atomic mass is 19.4. The molecule has 6 nitrogen and oxygen atoms in total. The number of piperazine rings is 1. The number of aromatic nitrogens is 1. The van der Waals surface area contributed by atoms with Gasteiger partial charge < -0.3 is 9.64 Å². The van der Waals surface area contributed by atoms with Gasteiger partial charge >= 0.3 is 6.18 Å². The van der Waals surface area contributed by atoms with E-state index in [2.05, 4.69) is 14.8 Å². The first kappa shape index (κ1) is 19.1. The number of rotatable bonds is 4. The number of ether oxygens (including phenoxy) is 1. The second-order valence-electron chi connectivity index (χ2n) is 6.59. The number of hydrogen-bond acceptors (Lipinski definition) is 5. The molecule has 0 unspecified atom stereocenters. The molecule has 0 N–H and O–H groups in total. The second kappa shape index (κ2) is 8.32. The molecule has 0 bridgehead atoms. The minimum absolute atomic E-state index is 0.133. The van der Waals surface area contributed by atoms with Gasteiger partial charge in [-0.05, 0) is 11.6 Å². The normalized spacial score (nSPS) is 20.3. The minimum Gasteiger partial charge on any atom is -0.378 e. The van der Waals surface area contributed by atoms with Gasteiger partial charge in [0.05, 0.1) is 19.8 Å². The van der Waals surface area contributed by atoms with E-state index >= 15 is 0 Å². The summed E-state index contributed by atoms with van der Waals surface area (Å²) in [6.45, 7) is 6.57. The molecule has 2 aliphatic rings. The number of carbonyl (C=O) groups excluding carboxylic acids is 1. The Hall–Kier alpha value is -1.71. The van der Waals surface area contributed by atoms with E-state index in [1.54, 1.807) is 0 Å². The van der Waals surface area contributed by atoms with Crippen molar-refractivity contribution in [1.29, 1.82) is 0 Å². The van der Waals surface area contributed by atoms with Gasteiger partial charge in [0.1, 0.15) is 5.69 Å². The van der Waals surface area contributed by atoms with Crippen molar-refractivity contribution in [2.75, 3.05) is 59.0 Å². The van der Waals surface area contributed by atoms with Crippen molar-refractivity contribution in [2.45, 2.75) is 12.7 Å². The van der Waals surface area contributed by atoms with Crippen LogP contribution in [0, 0.1) is 0 Å². The predicted octanol–water partition coefficient (Wildman–Crippen LogP) is 1.08. The number of carbonyl (C=O) groups is 1. The van der Waals surface area contributed by atoms with Crippen LogP contribution in [-0.4, -0.2) is 84.6 Å². The first-order valence-electron chi connectivity index (χ1n) is 8.74. The molecule has 9 heteroatoms. The summed E-state index contributed by atoms with van der Waals surface area (Å²) >= 11 is 0. The SMILES string of the molecule is O=C(CN1CCN(Cc2ccc(C(F)(F)F)nc2)CC1)N1CCOCC1. The van der Waals surface area contributed by atoms with Crippen LogP contribution in [0.5, 0.6) is 0 Å². The van der Waals surface area contributed by atoms with E-state index in [9.17, 15) is 18.0 Å². The van der Waals surface area contributed by atoms with Crippen molar-refractivity contribution < 1.29 is 22.7 Å². The fourth-order valence-electron chi connectivity index (χ4n) is 3.15. The van der Waals surface area contributed by atoms with Crippen LogP contribution in [0.1, 0.15) is 11.3 Å². The van der Waals surface area contributed by atoms with E-state index in [4.69, 9.17) is 4.74 Å². The van der Waals surface area contributed by atoms with E-state index in [1.165, 1.54) is 12.3 Å². The molecular weight excluding hydrogens is 349 g/mol. The average Bonchev–Trinajstić information content (AvgIpc) is 2.64. The first-order valence-corrected chi connectivity index (χ1v) is 8.74. The fraction of sp³-hybridized carbons (Fsp3) is 0.647. The van der Waals surface area contributed by atoms with Crippen molar-refractivity contribution in [3.8, 4) is 0 Å². The molecule has 3 heterocycles. The zero-order valence-electron chi connectivity index (χ0n) is 14.5. The third-order valence-electron chi connectivity index (χ3n) is 4.71.